The van der Waals surface area contributed by atoms with Crippen molar-refractivity contribution in [3.63, 3.8) is 0 Å². The monoisotopic (exact) mass is 324 g/mol. The average molecular weight is 325 g/mol. The number of nitrogens with one attached hydrogen (secondary N) is 2. The summed E-state index contributed by atoms with van der Waals surface area (Å²) in [4.78, 5) is 11.8. The fourth-order valence-electron chi connectivity index (χ4n) is 1.88. The second-order valence-corrected chi connectivity index (χ2v) is 5.27. The highest BCUT2D eigenvalue weighted by Crippen LogP contribution is 2.16. The number of halogens is 3. The minimum atomic E-state index is -0.906. The summed E-state index contributed by atoms with van der Waals surface area (Å²) in [6, 6.07) is 10.1. The molecule has 1 amide bonds. The predicted molar refractivity (Wildman–Crippen MR) is 82.9 cm³/mol. The number of hydrogen-bond donors (Lipinski definition) is 2. The quantitative estimate of drug-likeness (QED) is 0.875. The van der Waals surface area contributed by atoms with Gasteiger partial charge in [0.15, 0.2) is 11.6 Å². The predicted octanol–water partition coefficient (Wildman–Crippen LogP) is 3.91. The second kappa shape index (κ2) is 7.33. The van der Waals surface area contributed by atoms with Gasteiger partial charge < -0.3 is 10.6 Å². The third-order valence-corrected chi connectivity index (χ3v) is 3.39. The van der Waals surface area contributed by atoms with Crippen LogP contribution in [0.2, 0.25) is 5.02 Å². The van der Waals surface area contributed by atoms with Gasteiger partial charge in [-0.2, -0.15) is 0 Å². The first-order chi connectivity index (χ1) is 10.5. The van der Waals surface area contributed by atoms with E-state index in [0.717, 1.165) is 12.1 Å². The normalized spacial score (nSPS) is 12.0. The molecule has 0 aliphatic heterocycles. The van der Waals surface area contributed by atoms with Crippen molar-refractivity contribution in [1.29, 1.82) is 0 Å². The van der Waals surface area contributed by atoms with Gasteiger partial charge >= 0.3 is 0 Å². The number of rotatable bonds is 5. The Morgan fingerprint density at radius 1 is 1.14 bits per heavy atom. The van der Waals surface area contributed by atoms with E-state index < -0.39 is 11.6 Å². The largest absolute Gasteiger partial charge is 0.325 e. The van der Waals surface area contributed by atoms with Gasteiger partial charge in [0.05, 0.1) is 6.54 Å². The molecule has 0 bridgehead atoms. The van der Waals surface area contributed by atoms with E-state index in [9.17, 15) is 13.6 Å². The zero-order valence-corrected chi connectivity index (χ0v) is 12.6. The Kier molecular flexibility index (Phi) is 5.46. The van der Waals surface area contributed by atoms with E-state index in [2.05, 4.69) is 10.6 Å². The smallest absolute Gasteiger partial charge is 0.238 e. The summed E-state index contributed by atoms with van der Waals surface area (Å²) in [6.07, 6.45) is 0. The number of hydrogen-bond acceptors (Lipinski definition) is 2. The molecule has 3 nitrogen and oxygen atoms in total. The summed E-state index contributed by atoms with van der Waals surface area (Å²) >= 11 is 5.76. The third-order valence-electron chi connectivity index (χ3n) is 3.14. The van der Waals surface area contributed by atoms with Gasteiger partial charge in [-0.25, -0.2) is 8.78 Å². The third kappa shape index (κ3) is 4.51. The van der Waals surface area contributed by atoms with Crippen LogP contribution in [-0.2, 0) is 4.79 Å². The Labute approximate surface area is 132 Å². The highest BCUT2D eigenvalue weighted by molar-refractivity contribution is 6.30. The summed E-state index contributed by atoms with van der Waals surface area (Å²) in [5.74, 6) is -2.04. The Balaban J connectivity index is 1.87. The molecule has 2 aromatic rings. The van der Waals surface area contributed by atoms with Crippen LogP contribution < -0.4 is 10.6 Å². The summed E-state index contributed by atoms with van der Waals surface area (Å²) in [7, 11) is 0. The molecule has 0 aliphatic rings. The molecule has 1 atom stereocenters. The molecule has 0 unspecified atom stereocenters. The summed E-state index contributed by atoms with van der Waals surface area (Å²) in [5, 5.41) is 6.24. The first-order valence-corrected chi connectivity index (χ1v) is 7.07. The fraction of sp³-hybridized carbons (Fsp3) is 0.188. The van der Waals surface area contributed by atoms with Crippen LogP contribution in [0.5, 0.6) is 0 Å². The highest BCUT2D eigenvalue weighted by Gasteiger charge is 2.10. The van der Waals surface area contributed by atoms with Gasteiger partial charge in [0, 0.05) is 16.8 Å². The summed E-state index contributed by atoms with van der Waals surface area (Å²) < 4.78 is 26.0. The SMILES string of the molecule is C[C@H](NCC(=O)Nc1ccc(Cl)cc1)c1ccc(F)c(F)c1. The maximum atomic E-state index is 13.2. The van der Waals surface area contributed by atoms with Crippen molar-refractivity contribution in [2.75, 3.05) is 11.9 Å². The van der Waals surface area contributed by atoms with Crippen LogP contribution in [0.1, 0.15) is 18.5 Å². The van der Waals surface area contributed by atoms with Crippen LogP contribution in [0.25, 0.3) is 0 Å². The lowest BCUT2D eigenvalue weighted by Gasteiger charge is -2.14. The van der Waals surface area contributed by atoms with E-state index in [-0.39, 0.29) is 18.5 Å². The Morgan fingerprint density at radius 3 is 2.45 bits per heavy atom. The highest BCUT2D eigenvalue weighted by atomic mass is 35.5. The minimum Gasteiger partial charge on any atom is -0.325 e. The van der Waals surface area contributed by atoms with E-state index >= 15 is 0 Å². The zero-order chi connectivity index (χ0) is 16.1. The molecular formula is C16H15ClF2N2O. The minimum absolute atomic E-state index is 0.0444. The molecule has 2 aromatic carbocycles. The van der Waals surface area contributed by atoms with Crippen molar-refractivity contribution in [3.05, 3.63) is 64.7 Å². The molecule has 0 heterocycles. The molecule has 0 radical (unpaired) electrons. The molecule has 116 valence electrons. The molecule has 0 fully saturated rings. The fourth-order valence-corrected chi connectivity index (χ4v) is 2.01. The standard InChI is InChI=1S/C16H15ClF2N2O/c1-10(11-2-7-14(18)15(19)8-11)20-9-16(22)21-13-5-3-12(17)4-6-13/h2-8,10,20H,9H2,1H3,(H,21,22)/t10-/m0/s1. The van der Waals surface area contributed by atoms with Crippen molar-refractivity contribution < 1.29 is 13.6 Å². The lowest BCUT2D eigenvalue weighted by atomic mass is 10.1. The molecule has 0 saturated carbocycles. The van der Waals surface area contributed by atoms with E-state index in [4.69, 9.17) is 11.6 Å². The molecular weight excluding hydrogens is 310 g/mol. The van der Waals surface area contributed by atoms with E-state index in [1.807, 2.05) is 0 Å². The van der Waals surface area contributed by atoms with Crippen molar-refractivity contribution in [1.82, 2.24) is 5.32 Å². The first-order valence-electron chi connectivity index (χ1n) is 6.69. The van der Waals surface area contributed by atoms with Gasteiger partial charge in [0.25, 0.3) is 0 Å². The van der Waals surface area contributed by atoms with Gasteiger partial charge in [0.1, 0.15) is 0 Å². The summed E-state index contributed by atoms with van der Waals surface area (Å²) in [6.45, 7) is 1.81. The average Bonchev–Trinajstić information content (AvgIpc) is 2.50. The zero-order valence-electron chi connectivity index (χ0n) is 11.9. The number of amides is 1. The maximum Gasteiger partial charge on any atom is 0.238 e. The van der Waals surface area contributed by atoms with Crippen LogP contribution in [0.4, 0.5) is 14.5 Å². The molecule has 0 spiro atoms. The van der Waals surface area contributed by atoms with E-state index in [1.54, 1.807) is 31.2 Å². The van der Waals surface area contributed by atoms with Crippen molar-refractivity contribution in [3.8, 4) is 0 Å². The van der Waals surface area contributed by atoms with Crippen LogP contribution >= 0.6 is 11.6 Å². The molecule has 22 heavy (non-hydrogen) atoms. The molecule has 6 heteroatoms. The lowest BCUT2D eigenvalue weighted by Crippen LogP contribution is -2.30. The van der Waals surface area contributed by atoms with Gasteiger partial charge in [-0.3, -0.25) is 4.79 Å². The summed E-state index contributed by atoms with van der Waals surface area (Å²) in [5.41, 5.74) is 1.20. The van der Waals surface area contributed by atoms with Gasteiger partial charge in [-0.15, -0.1) is 0 Å². The van der Waals surface area contributed by atoms with Crippen molar-refractivity contribution in [2.45, 2.75) is 13.0 Å². The van der Waals surface area contributed by atoms with Crippen molar-refractivity contribution in [2.24, 2.45) is 0 Å². The van der Waals surface area contributed by atoms with E-state index in [0.29, 0.717) is 16.3 Å². The Morgan fingerprint density at radius 2 is 1.82 bits per heavy atom. The number of anilines is 1. The molecule has 2 N–H and O–H groups in total. The molecule has 0 saturated heterocycles. The number of carbonyl (C=O) groups is 1. The van der Waals surface area contributed by atoms with Crippen LogP contribution in [0.3, 0.4) is 0 Å². The number of benzene rings is 2. The topological polar surface area (TPSA) is 41.1 Å². The van der Waals surface area contributed by atoms with E-state index in [1.165, 1.54) is 6.07 Å². The lowest BCUT2D eigenvalue weighted by molar-refractivity contribution is -0.115. The Bertz CT molecular complexity index is 662. The van der Waals surface area contributed by atoms with Gasteiger partial charge in [-0.05, 0) is 48.9 Å². The molecule has 0 aliphatic carbocycles. The van der Waals surface area contributed by atoms with Crippen LogP contribution in [-0.4, -0.2) is 12.5 Å². The van der Waals surface area contributed by atoms with Gasteiger partial charge in [-0.1, -0.05) is 17.7 Å². The number of carbonyl (C=O) groups excluding carboxylic acids is 1. The first kappa shape index (κ1) is 16.4. The molecule has 0 aromatic heterocycles. The van der Waals surface area contributed by atoms with Crippen LogP contribution in [0, 0.1) is 11.6 Å². The maximum absolute atomic E-state index is 13.2. The van der Waals surface area contributed by atoms with Crippen LogP contribution in [0.15, 0.2) is 42.5 Å². The van der Waals surface area contributed by atoms with Gasteiger partial charge in [0.2, 0.25) is 5.91 Å². The second-order valence-electron chi connectivity index (χ2n) is 4.83. The Hall–Kier alpha value is -1.98. The van der Waals surface area contributed by atoms with Crippen molar-refractivity contribution >= 4 is 23.2 Å². The molecule has 2 rings (SSSR count).